The standard InChI is InChI=1S/C27H30N2O2/c30-27(28-17-20-29-18-7-2-8-19-29)25-11-5-6-12-26(25)31-21-22-13-15-24(16-14-22)23-9-3-1-4-10-23/h1,3-6,9-16H,2,7-8,17-21H2,(H,28,30). The summed E-state index contributed by atoms with van der Waals surface area (Å²) in [4.78, 5) is 15.1. The molecule has 0 aromatic heterocycles. The summed E-state index contributed by atoms with van der Waals surface area (Å²) in [5.41, 5.74) is 4.03. The van der Waals surface area contributed by atoms with Gasteiger partial charge in [-0.3, -0.25) is 4.79 Å². The summed E-state index contributed by atoms with van der Waals surface area (Å²) in [6, 6.07) is 26.1. The SMILES string of the molecule is O=C(NCCN1CCCCC1)c1ccccc1OCc1ccc(-c2ccccc2)cc1. The molecule has 4 heteroatoms. The Morgan fingerprint density at radius 3 is 2.26 bits per heavy atom. The van der Waals surface area contributed by atoms with Crippen molar-refractivity contribution < 1.29 is 9.53 Å². The number of hydrogen-bond acceptors (Lipinski definition) is 3. The summed E-state index contributed by atoms with van der Waals surface area (Å²) in [5, 5.41) is 3.05. The minimum absolute atomic E-state index is 0.0768. The van der Waals surface area contributed by atoms with Crippen molar-refractivity contribution >= 4 is 5.91 Å². The van der Waals surface area contributed by atoms with Crippen molar-refractivity contribution in [2.24, 2.45) is 0 Å². The smallest absolute Gasteiger partial charge is 0.255 e. The van der Waals surface area contributed by atoms with Crippen LogP contribution < -0.4 is 10.1 Å². The molecule has 0 unspecified atom stereocenters. The summed E-state index contributed by atoms with van der Waals surface area (Å²) in [6.45, 7) is 4.26. The van der Waals surface area contributed by atoms with Crippen LogP contribution in [-0.4, -0.2) is 37.0 Å². The molecule has 4 nitrogen and oxygen atoms in total. The Morgan fingerprint density at radius 2 is 1.48 bits per heavy atom. The van der Waals surface area contributed by atoms with E-state index in [1.165, 1.54) is 30.4 Å². The largest absolute Gasteiger partial charge is 0.488 e. The first-order chi connectivity index (χ1) is 15.3. The number of hydrogen-bond donors (Lipinski definition) is 1. The zero-order valence-electron chi connectivity index (χ0n) is 17.9. The van der Waals surface area contributed by atoms with Gasteiger partial charge in [-0.2, -0.15) is 0 Å². The molecule has 0 spiro atoms. The van der Waals surface area contributed by atoms with Gasteiger partial charge in [0.2, 0.25) is 0 Å². The first-order valence-electron chi connectivity index (χ1n) is 11.2. The first kappa shape index (κ1) is 21.1. The lowest BCUT2D eigenvalue weighted by Gasteiger charge is -2.26. The minimum Gasteiger partial charge on any atom is -0.488 e. The monoisotopic (exact) mass is 414 g/mol. The maximum Gasteiger partial charge on any atom is 0.255 e. The molecule has 1 aliphatic rings. The van der Waals surface area contributed by atoms with Gasteiger partial charge in [0.1, 0.15) is 12.4 Å². The fourth-order valence-electron chi connectivity index (χ4n) is 3.97. The second kappa shape index (κ2) is 10.8. The van der Waals surface area contributed by atoms with Crippen LogP contribution in [0.4, 0.5) is 0 Å². The molecule has 0 atom stereocenters. The van der Waals surface area contributed by atoms with E-state index in [1.54, 1.807) is 0 Å². The van der Waals surface area contributed by atoms with Gasteiger partial charge in [0, 0.05) is 13.1 Å². The van der Waals surface area contributed by atoms with Crippen LogP contribution in [-0.2, 0) is 6.61 Å². The van der Waals surface area contributed by atoms with E-state index in [4.69, 9.17) is 4.74 Å². The Balaban J connectivity index is 1.32. The second-order valence-electron chi connectivity index (χ2n) is 8.01. The van der Waals surface area contributed by atoms with Gasteiger partial charge < -0.3 is 15.0 Å². The third-order valence-electron chi connectivity index (χ3n) is 5.75. The molecule has 1 amide bonds. The molecule has 0 radical (unpaired) electrons. The van der Waals surface area contributed by atoms with Crippen LogP contribution in [0, 0.1) is 0 Å². The Kier molecular flexibility index (Phi) is 7.35. The lowest BCUT2D eigenvalue weighted by Crippen LogP contribution is -2.37. The van der Waals surface area contributed by atoms with E-state index in [0.717, 1.165) is 25.2 Å². The molecule has 1 heterocycles. The molecule has 0 bridgehead atoms. The van der Waals surface area contributed by atoms with Crippen molar-refractivity contribution in [3.05, 3.63) is 90.0 Å². The highest BCUT2D eigenvalue weighted by Gasteiger charge is 2.14. The summed E-state index contributed by atoms with van der Waals surface area (Å²) < 4.78 is 6.01. The van der Waals surface area contributed by atoms with Gasteiger partial charge >= 0.3 is 0 Å². The van der Waals surface area contributed by atoms with Gasteiger partial charge in [-0.25, -0.2) is 0 Å². The van der Waals surface area contributed by atoms with Gasteiger partial charge in [-0.15, -0.1) is 0 Å². The van der Waals surface area contributed by atoms with Crippen molar-refractivity contribution in [1.29, 1.82) is 0 Å². The van der Waals surface area contributed by atoms with Crippen LogP contribution in [0.2, 0.25) is 0 Å². The number of para-hydroxylation sites is 1. The highest BCUT2D eigenvalue weighted by Crippen LogP contribution is 2.22. The molecule has 1 aliphatic heterocycles. The second-order valence-corrected chi connectivity index (χ2v) is 8.01. The molecular weight excluding hydrogens is 384 g/mol. The number of nitrogens with one attached hydrogen (secondary N) is 1. The van der Waals surface area contributed by atoms with Crippen molar-refractivity contribution in [3.8, 4) is 16.9 Å². The van der Waals surface area contributed by atoms with Crippen molar-refractivity contribution in [1.82, 2.24) is 10.2 Å². The molecule has 0 aliphatic carbocycles. The number of carbonyl (C=O) groups excluding carboxylic acids is 1. The summed E-state index contributed by atoms with van der Waals surface area (Å²) in [7, 11) is 0. The predicted octanol–water partition coefficient (Wildman–Crippen LogP) is 5.15. The fourth-order valence-corrected chi connectivity index (χ4v) is 3.97. The molecule has 4 rings (SSSR count). The molecule has 3 aromatic rings. The third kappa shape index (κ3) is 5.96. The first-order valence-corrected chi connectivity index (χ1v) is 11.2. The highest BCUT2D eigenvalue weighted by molar-refractivity contribution is 5.96. The molecule has 1 fully saturated rings. The van der Waals surface area contributed by atoms with Crippen molar-refractivity contribution in [3.63, 3.8) is 0 Å². The van der Waals surface area contributed by atoms with Crippen molar-refractivity contribution in [2.45, 2.75) is 25.9 Å². The molecule has 160 valence electrons. The molecule has 3 aromatic carbocycles. The average molecular weight is 415 g/mol. The zero-order valence-corrected chi connectivity index (χ0v) is 17.9. The van der Waals surface area contributed by atoms with E-state index >= 15 is 0 Å². The topological polar surface area (TPSA) is 41.6 Å². The zero-order chi connectivity index (χ0) is 21.3. The predicted molar refractivity (Wildman–Crippen MR) is 125 cm³/mol. The van der Waals surface area contributed by atoms with E-state index in [1.807, 2.05) is 42.5 Å². The molecule has 31 heavy (non-hydrogen) atoms. The number of nitrogens with zero attached hydrogens (tertiary/aromatic N) is 1. The van der Waals surface area contributed by atoms with Gasteiger partial charge in [-0.05, 0) is 54.8 Å². The van der Waals surface area contributed by atoms with Gasteiger partial charge in [0.25, 0.3) is 5.91 Å². The van der Waals surface area contributed by atoms with E-state index in [9.17, 15) is 4.79 Å². The molecule has 1 N–H and O–H groups in total. The quantitative estimate of drug-likeness (QED) is 0.554. The third-order valence-corrected chi connectivity index (χ3v) is 5.75. The van der Waals surface area contributed by atoms with E-state index in [-0.39, 0.29) is 5.91 Å². The molecule has 0 saturated carbocycles. The van der Waals surface area contributed by atoms with E-state index in [2.05, 4.69) is 46.6 Å². The molecule has 1 saturated heterocycles. The Hall–Kier alpha value is -3.11. The average Bonchev–Trinajstić information content (AvgIpc) is 2.84. The van der Waals surface area contributed by atoms with Crippen LogP contribution in [0.15, 0.2) is 78.9 Å². The lowest BCUT2D eigenvalue weighted by atomic mass is 10.0. The summed E-state index contributed by atoms with van der Waals surface area (Å²) in [6.07, 6.45) is 3.84. The van der Waals surface area contributed by atoms with Gasteiger partial charge in [0.05, 0.1) is 5.56 Å². The number of piperidine rings is 1. The van der Waals surface area contributed by atoms with E-state index < -0.39 is 0 Å². The number of benzene rings is 3. The Bertz CT molecular complexity index is 964. The Morgan fingerprint density at radius 1 is 0.806 bits per heavy atom. The maximum atomic E-state index is 12.7. The summed E-state index contributed by atoms with van der Waals surface area (Å²) in [5.74, 6) is 0.539. The fraction of sp³-hybridized carbons (Fsp3) is 0.296. The Labute approximate surface area is 184 Å². The maximum absolute atomic E-state index is 12.7. The van der Waals surface area contributed by atoms with Gasteiger partial charge in [-0.1, -0.05) is 73.2 Å². The number of likely N-dealkylation sites (tertiary alicyclic amines) is 1. The van der Waals surface area contributed by atoms with Crippen LogP contribution >= 0.6 is 0 Å². The van der Waals surface area contributed by atoms with Crippen molar-refractivity contribution in [2.75, 3.05) is 26.2 Å². The van der Waals surface area contributed by atoms with Gasteiger partial charge in [0.15, 0.2) is 0 Å². The minimum atomic E-state index is -0.0768. The van der Waals surface area contributed by atoms with Crippen LogP contribution in [0.25, 0.3) is 11.1 Å². The van der Waals surface area contributed by atoms with Crippen LogP contribution in [0.5, 0.6) is 5.75 Å². The number of carbonyl (C=O) groups is 1. The summed E-state index contributed by atoms with van der Waals surface area (Å²) >= 11 is 0. The van der Waals surface area contributed by atoms with E-state index in [0.29, 0.717) is 24.5 Å². The lowest BCUT2D eigenvalue weighted by molar-refractivity contribution is 0.0942. The van der Waals surface area contributed by atoms with Crippen LogP contribution in [0.3, 0.4) is 0 Å². The number of amides is 1. The molecular formula is C27H30N2O2. The van der Waals surface area contributed by atoms with Crippen LogP contribution in [0.1, 0.15) is 35.2 Å². The normalized spacial score (nSPS) is 14.2. The highest BCUT2D eigenvalue weighted by atomic mass is 16.5. The number of ether oxygens (including phenoxy) is 1. The number of rotatable bonds is 8.